The number of aliphatic hydroxyl groups excluding tert-OH is 1. The molecule has 4 aliphatic carbocycles. The van der Waals surface area contributed by atoms with Gasteiger partial charge in [-0.1, -0.05) is 34.6 Å². The van der Waals surface area contributed by atoms with Gasteiger partial charge in [-0.25, -0.2) is 0 Å². The average Bonchev–Trinajstić information content (AvgIpc) is 2.99. The fourth-order valence-corrected chi connectivity index (χ4v) is 8.78. The molecule has 0 aromatic carbocycles. The molecule has 9 atom stereocenters. The van der Waals surface area contributed by atoms with Gasteiger partial charge in [0.05, 0.1) is 6.10 Å². The van der Waals surface area contributed by atoms with Gasteiger partial charge in [-0.05, 0) is 104 Å². The molecule has 0 bridgehead atoms. The Morgan fingerprint density at radius 2 is 1.61 bits per heavy atom. The normalized spacial score (nSPS) is 48.8. The van der Waals surface area contributed by atoms with E-state index in [1.54, 1.807) is 0 Å². The van der Waals surface area contributed by atoms with Crippen molar-refractivity contribution in [2.75, 3.05) is 0 Å². The molecule has 4 aliphatic rings. The molecule has 0 spiro atoms. The maximum absolute atomic E-state index is 10.2. The molecule has 0 aromatic heterocycles. The Morgan fingerprint density at radius 1 is 0.893 bits per heavy atom. The van der Waals surface area contributed by atoms with E-state index in [0.717, 1.165) is 54.8 Å². The van der Waals surface area contributed by atoms with E-state index in [4.69, 9.17) is 0 Å². The van der Waals surface area contributed by atoms with Crippen molar-refractivity contribution in [3.63, 3.8) is 0 Å². The smallest absolute Gasteiger partial charge is 0.0543 e. The Kier molecular flexibility index (Phi) is 5.68. The largest absolute Gasteiger partial charge is 0.393 e. The number of fused-ring (bicyclic) bond motifs is 5. The van der Waals surface area contributed by atoms with Crippen LogP contribution in [0.4, 0.5) is 0 Å². The summed E-state index contributed by atoms with van der Waals surface area (Å²) in [6, 6.07) is 0. The molecule has 28 heavy (non-hydrogen) atoms. The van der Waals surface area contributed by atoms with Crippen LogP contribution in [0.15, 0.2) is 0 Å². The molecule has 0 aromatic rings. The van der Waals surface area contributed by atoms with Gasteiger partial charge in [0.25, 0.3) is 0 Å². The summed E-state index contributed by atoms with van der Waals surface area (Å²) in [7, 11) is 0. The monoisotopic (exact) mass is 384 g/mol. The van der Waals surface area contributed by atoms with Crippen molar-refractivity contribution in [3.05, 3.63) is 0 Å². The van der Waals surface area contributed by atoms with E-state index >= 15 is 0 Å². The van der Waals surface area contributed by atoms with Crippen LogP contribution in [0.2, 0.25) is 0 Å². The summed E-state index contributed by atoms with van der Waals surface area (Å²) in [4.78, 5) is 0. The summed E-state index contributed by atoms with van der Waals surface area (Å²) >= 11 is 0. The van der Waals surface area contributed by atoms with Crippen LogP contribution < -0.4 is 0 Å². The minimum absolute atomic E-state index is 0.0212. The summed E-state index contributed by atoms with van der Waals surface area (Å²) in [6.07, 6.45) is 13.1. The molecule has 4 saturated carbocycles. The van der Waals surface area contributed by atoms with Gasteiger partial charge in [0, 0.05) is 12.3 Å². The molecular formula is C27H44O. The van der Waals surface area contributed by atoms with Gasteiger partial charge in [0.15, 0.2) is 0 Å². The lowest BCUT2D eigenvalue weighted by molar-refractivity contribution is -0.129. The van der Waals surface area contributed by atoms with Crippen LogP contribution in [0.1, 0.15) is 98.8 Å². The predicted molar refractivity (Wildman–Crippen MR) is 118 cm³/mol. The highest BCUT2D eigenvalue weighted by atomic mass is 16.3. The molecule has 0 amide bonds. The van der Waals surface area contributed by atoms with Crippen LogP contribution in [-0.2, 0) is 0 Å². The van der Waals surface area contributed by atoms with Crippen molar-refractivity contribution in [3.8, 4) is 11.8 Å². The van der Waals surface area contributed by atoms with Crippen LogP contribution >= 0.6 is 0 Å². The highest BCUT2D eigenvalue weighted by molar-refractivity contribution is 5.11. The van der Waals surface area contributed by atoms with Gasteiger partial charge >= 0.3 is 0 Å². The maximum Gasteiger partial charge on any atom is 0.0543 e. The van der Waals surface area contributed by atoms with E-state index in [0.29, 0.717) is 16.7 Å². The Hall–Kier alpha value is -0.480. The standard InChI is InChI=1S/C27H44O/c1-18(2)7-6-8-19(3)23-11-12-24-22-10-9-20-17-21(28)13-15-26(20,4)25(22)14-16-27(23,24)5/h18-25,28H,8-17H2,1-5H3. The molecule has 1 N–H and O–H groups in total. The first-order valence-electron chi connectivity index (χ1n) is 12.4. The predicted octanol–water partition coefficient (Wildman–Crippen LogP) is 6.69. The zero-order valence-electron chi connectivity index (χ0n) is 19.1. The summed E-state index contributed by atoms with van der Waals surface area (Å²) in [6.45, 7) is 12.2. The van der Waals surface area contributed by atoms with Crippen LogP contribution in [0, 0.1) is 64.1 Å². The van der Waals surface area contributed by atoms with Gasteiger partial charge in [-0.15, -0.1) is 11.8 Å². The number of aliphatic hydroxyl groups is 1. The number of rotatable bonds is 2. The average molecular weight is 385 g/mol. The molecule has 0 heterocycles. The molecule has 158 valence electrons. The van der Waals surface area contributed by atoms with Crippen molar-refractivity contribution < 1.29 is 5.11 Å². The third-order valence-electron chi connectivity index (χ3n) is 10.2. The Bertz CT molecular complexity index is 626. The van der Waals surface area contributed by atoms with Crippen LogP contribution in [0.5, 0.6) is 0 Å². The van der Waals surface area contributed by atoms with Gasteiger partial charge in [0.2, 0.25) is 0 Å². The van der Waals surface area contributed by atoms with E-state index in [-0.39, 0.29) is 6.10 Å². The maximum atomic E-state index is 10.2. The zero-order valence-corrected chi connectivity index (χ0v) is 19.1. The molecule has 0 aliphatic heterocycles. The van der Waals surface area contributed by atoms with E-state index < -0.39 is 0 Å². The van der Waals surface area contributed by atoms with Gasteiger partial charge in [-0.3, -0.25) is 0 Å². The van der Waals surface area contributed by atoms with E-state index in [9.17, 15) is 5.11 Å². The fourth-order valence-electron chi connectivity index (χ4n) is 8.78. The second kappa shape index (κ2) is 7.65. The minimum Gasteiger partial charge on any atom is -0.393 e. The molecule has 4 rings (SSSR count). The molecule has 0 radical (unpaired) electrons. The Labute approximate surface area is 174 Å². The second-order valence-corrected chi connectivity index (χ2v) is 12.0. The first-order chi connectivity index (χ1) is 13.3. The lowest BCUT2D eigenvalue weighted by atomic mass is 9.44. The third kappa shape index (κ3) is 3.37. The van der Waals surface area contributed by atoms with Crippen LogP contribution in [0.3, 0.4) is 0 Å². The van der Waals surface area contributed by atoms with Crippen molar-refractivity contribution in [2.45, 2.75) is 105 Å². The topological polar surface area (TPSA) is 20.2 Å². The minimum atomic E-state index is -0.0212. The first-order valence-corrected chi connectivity index (χ1v) is 12.4. The van der Waals surface area contributed by atoms with Crippen molar-refractivity contribution in [1.29, 1.82) is 0 Å². The zero-order chi connectivity index (χ0) is 20.1. The van der Waals surface area contributed by atoms with E-state index in [2.05, 4.69) is 46.5 Å². The van der Waals surface area contributed by atoms with E-state index in [1.807, 2.05) is 0 Å². The summed E-state index contributed by atoms with van der Waals surface area (Å²) in [5, 5.41) is 10.2. The number of hydrogen-bond acceptors (Lipinski definition) is 1. The van der Waals surface area contributed by atoms with Crippen LogP contribution in [0.25, 0.3) is 0 Å². The molecule has 9 unspecified atom stereocenters. The van der Waals surface area contributed by atoms with Gasteiger partial charge in [0.1, 0.15) is 0 Å². The fraction of sp³-hybridized carbons (Fsp3) is 0.926. The third-order valence-corrected chi connectivity index (χ3v) is 10.2. The number of hydrogen-bond donors (Lipinski definition) is 1. The molecular weight excluding hydrogens is 340 g/mol. The molecule has 4 fully saturated rings. The summed E-state index contributed by atoms with van der Waals surface area (Å²) < 4.78 is 0. The van der Waals surface area contributed by atoms with Crippen molar-refractivity contribution in [1.82, 2.24) is 0 Å². The van der Waals surface area contributed by atoms with E-state index in [1.165, 1.54) is 44.9 Å². The molecule has 1 nitrogen and oxygen atoms in total. The highest BCUT2D eigenvalue weighted by Gasteiger charge is 2.60. The lowest BCUT2D eigenvalue weighted by Crippen LogP contribution is -2.54. The first kappa shape index (κ1) is 20.8. The second-order valence-electron chi connectivity index (χ2n) is 12.0. The van der Waals surface area contributed by atoms with Crippen molar-refractivity contribution in [2.24, 2.45) is 52.3 Å². The molecule has 0 saturated heterocycles. The quantitative estimate of drug-likeness (QED) is 0.526. The highest BCUT2D eigenvalue weighted by Crippen LogP contribution is 2.68. The molecule has 1 heteroatoms. The summed E-state index contributed by atoms with van der Waals surface area (Å²) in [5.41, 5.74) is 1.06. The Balaban J connectivity index is 1.50. The van der Waals surface area contributed by atoms with Crippen molar-refractivity contribution >= 4 is 0 Å². The van der Waals surface area contributed by atoms with Gasteiger partial charge in [-0.2, -0.15) is 0 Å². The summed E-state index contributed by atoms with van der Waals surface area (Å²) in [5.74, 6) is 12.6. The van der Waals surface area contributed by atoms with Gasteiger partial charge < -0.3 is 5.11 Å². The SMILES string of the molecule is CC(C)C#CCC(C)C1CCC2C3CCC4CC(O)CCC4(C)C3CCC12C. The van der Waals surface area contributed by atoms with Crippen LogP contribution in [-0.4, -0.2) is 11.2 Å². The Morgan fingerprint density at radius 3 is 2.36 bits per heavy atom. The lowest BCUT2D eigenvalue weighted by Gasteiger charge is -2.61.